The Kier molecular flexibility index (Phi) is 7.87. The molecule has 0 heterocycles. The number of benzene rings is 2. The summed E-state index contributed by atoms with van der Waals surface area (Å²) < 4.78 is 5.73. The number of carbonyl (C=O) groups excluding carboxylic acids is 2. The highest BCUT2D eigenvalue weighted by Crippen LogP contribution is 2.35. The summed E-state index contributed by atoms with van der Waals surface area (Å²) in [6.07, 6.45) is 0.372. The van der Waals surface area contributed by atoms with E-state index in [1.54, 1.807) is 13.0 Å². The van der Waals surface area contributed by atoms with Gasteiger partial charge in [0.15, 0.2) is 5.75 Å². The van der Waals surface area contributed by atoms with E-state index in [1.807, 2.05) is 19.1 Å². The largest absolute Gasteiger partial charge is 0.486 e. The minimum absolute atomic E-state index is 0.0923. The van der Waals surface area contributed by atoms with Crippen molar-refractivity contribution in [3.8, 4) is 5.75 Å². The van der Waals surface area contributed by atoms with Crippen molar-refractivity contribution in [2.45, 2.75) is 26.9 Å². The molecule has 29 heavy (non-hydrogen) atoms. The molecule has 2 aromatic rings. The maximum absolute atomic E-state index is 12.0. The highest BCUT2D eigenvalue weighted by atomic mass is 35.5. The van der Waals surface area contributed by atoms with Crippen LogP contribution in [0.5, 0.6) is 5.75 Å². The van der Waals surface area contributed by atoms with Gasteiger partial charge in [0, 0.05) is 17.7 Å². The van der Waals surface area contributed by atoms with E-state index in [2.05, 4.69) is 10.6 Å². The summed E-state index contributed by atoms with van der Waals surface area (Å²) in [4.78, 5) is 34.1. The number of nitrogens with one attached hydrogen (secondary N) is 2. The molecule has 0 aromatic heterocycles. The first-order valence-electron chi connectivity index (χ1n) is 8.71. The van der Waals surface area contributed by atoms with Crippen molar-refractivity contribution in [1.82, 2.24) is 5.32 Å². The molecule has 2 amide bonds. The number of carboxylic acids is 1. The van der Waals surface area contributed by atoms with Crippen molar-refractivity contribution >= 4 is 46.7 Å². The lowest BCUT2D eigenvalue weighted by molar-refractivity contribution is -0.135. The number of carbonyl (C=O) groups is 3. The van der Waals surface area contributed by atoms with E-state index >= 15 is 0 Å². The predicted octanol–water partition coefficient (Wildman–Crippen LogP) is 4.04. The Balaban J connectivity index is 2.14. The summed E-state index contributed by atoms with van der Waals surface area (Å²) in [5.74, 6) is -1.67. The summed E-state index contributed by atoms with van der Waals surface area (Å²) in [7, 11) is 0. The molecule has 0 fully saturated rings. The molecule has 0 saturated heterocycles. The molecule has 2 rings (SSSR count). The summed E-state index contributed by atoms with van der Waals surface area (Å²) in [5, 5.41) is 13.9. The monoisotopic (exact) mass is 438 g/mol. The van der Waals surface area contributed by atoms with Gasteiger partial charge in [-0.2, -0.15) is 0 Å². The molecule has 0 bridgehead atoms. The van der Waals surface area contributed by atoms with Crippen LogP contribution in [0, 0.1) is 6.92 Å². The zero-order valence-corrected chi connectivity index (χ0v) is 17.4. The SMILES string of the molecule is CCC(=O)Nc1cc(C)cc(COc2c(Cl)cc(C(=O)NCC(=O)O)cc2Cl)c1. The van der Waals surface area contributed by atoms with Crippen LogP contribution in [0.1, 0.15) is 34.8 Å². The molecule has 9 heteroatoms. The zero-order valence-electron chi connectivity index (χ0n) is 15.8. The van der Waals surface area contributed by atoms with Gasteiger partial charge in [-0.3, -0.25) is 14.4 Å². The van der Waals surface area contributed by atoms with Crippen LogP contribution in [-0.2, 0) is 16.2 Å². The van der Waals surface area contributed by atoms with Crippen molar-refractivity contribution in [3.63, 3.8) is 0 Å². The van der Waals surface area contributed by atoms with Gasteiger partial charge in [0.2, 0.25) is 5.91 Å². The normalized spacial score (nSPS) is 10.3. The van der Waals surface area contributed by atoms with Crippen molar-refractivity contribution in [3.05, 3.63) is 57.1 Å². The third-order valence-electron chi connectivity index (χ3n) is 3.79. The van der Waals surface area contributed by atoms with E-state index < -0.39 is 18.4 Å². The molecular formula is C20H20Cl2N2O5. The Morgan fingerprint density at radius 2 is 1.72 bits per heavy atom. The number of ether oxygens (including phenoxy) is 1. The number of anilines is 1. The van der Waals surface area contributed by atoms with Gasteiger partial charge in [0.1, 0.15) is 13.2 Å². The Bertz CT molecular complexity index is 923. The second-order valence-corrected chi connectivity index (χ2v) is 7.06. The molecular weight excluding hydrogens is 419 g/mol. The molecule has 0 aliphatic heterocycles. The van der Waals surface area contributed by atoms with Crippen LogP contribution >= 0.6 is 23.2 Å². The smallest absolute Gasteiger partial charge is 0.322 e. The third kappa shape index (κ3) is 6.66. The van der Waals surface area contributed by atoms with E-state index in [0.29, 0.717) is 12.1 Å². The van der Waals surface area contributed by atoms with Crippen molar-refractivity contribution in [2.24, 2.45) is 0 Å². The first-order valence-corrected chi connectivity index (χ1v) is 9.47. The molecule has 0 aliphatic rings. The number of amides is 2. The fraction of sp³-hybridized carbons (Fsp3) is 0.250. The standard InChI is InChI=1S/C20H20Cl2N2O5/c1-3-17(25)24-14-5-11(2)4-12(6-14)10-29-19-15(21)7-13(8-16(19)22)20(28)23-9-18(26)27/h4-8H,3,9-10H2,1-2H3,(H,23,28)(H,24,25)(H,26,27). The molecule has 0 unspecified atom stereocenters. The van der Waals surface area contributed by atoms with Gasteiger partial charge < -0.3 is 20.5 Å². The Labute approximate surface area is 178 Å². The summed E-state index contributed by atoms with van der Waals surface area (Å²) in [5.41, 5.74) is 2.53. The summed E-state index contributed by atoms with van der Waals surface area (Å²) in [6.45, 7) is 3.29. The number of aliphatic carboxylic acids is 1. The number of carboxylic acid groups (broad SMARTS) is 1. The highest BCUT2D eigenvalue weighted by Gasteiger charge is 2.15. The zero-order chi connectivity index (χ0) is 21.6. The topological polar surface area (TPSA) is 105 Å². The fourth-order valence-corrected chi connectivity index (χ4v) is 3.11. The van der Waals surface area contributed by atoms with Gasteiger partial charge in [-0.15, -0.1) is 0 Å². The minimum Gasteiger partial charge on any atom is -0.486 e. The number of hydrogen-bond acceptors (Lipinski definition) is 4. The Hall–Kier alpha value is -2.77. The van der Waals surface area contributed by atoms with Crippen LogP contribution in [0.25, 0.3) is 0 Å². The van der Waals surface area contributed by atoms with Gasteiger partial charge in [-0.05, 0) is 42.3 Å². The molecule has 0 aliphatic carbocycles. The first-order chi connectivity index (χ1) is 13.7. The second kappa shape index (κ2) is 10.1. The van der Waals surface area contributed by atoms with Crippen molar-refractivity contribution in [1.29, 1.82) is 0 Å². The molecule has 154 valence electrons. The second-order valence-electron chi connectivity index (χ2n) is 6.24. The molecule has 2 aromatic carbocycles. The number of aryl methyl sites for hydroxylation is 1. The first kappa shape index (κ1) is 22.5. The predicted molar refractivity (Wildman–Crippen MR) is 111 cm³/mol. The average molecular weight is 439 g/mol. The van der Waals surface area contributed by atoms with E-state index in [-0.39, 0.29) is 33.9 Å². The Morgan fingerprint density at radius 3 is 2.31 bits per heavy atom. The quantitative estimate of drug-likeness (QED) is 0.576. The van der Waals surface area contributed by atoms with Gasteiger partial charge in [0.25, 0.3) is 5.91 Å². The fourth-order valence-electron chi connectivity index (χ4n) is 2.51. The maximum Gasteiger partial charge on any atom is 0.322 e. The van der Waals surface area contributed by atoms with Crippen LogP contribution in [-0.4, -0.2) is 29.4 Å². The molecule has 0 spiro atoms. The number of halogens is 2. The van der Waals surface area contributed by atoms with Crippen LogP contribution in [0.2, 0.25) is 10.0 Å². The molecule has 0 atom stereocenters. The van der Waals surface area contributed by atoms with E-state index in [0.717, 1.165) is 11.1 Å². The van der Waals surface area contributed by atoms with E-state index in [1.165, 1.54) is 12.1 Å². The average Bonchev–Trinajstić information content (AvgIpc) is 2.64. The molecule has 0 saturated carbocycles. The van der Waals surface area contributed by atoms with E-state index in [4.69, 9.17) is 33.0 Å². The van der Waals surface area contributed by atoms with Gasteiger partial charge in [-0.25, -0.2) is 0 Å². The summed E-state index contributed by atoms with van der Waals surface area (Å²) in [6, 6.07) is 8.24. The van der Waals surface area contributed by atoms with Crippen LogP contribution in [0.4, 0.5) is 5.69 Å². The molecule has 7 nitrogen and oxygen atoms in total. The lowest BCUT2D eigenvalue weighted by Crippen LogP contribution is -2.29. The van der Waals surface area contributed by atoms with Crippen molar-refractivity contribution < 1.29 is 24.2 Å². The lowest BCUT2D eigenvalue weighted by atomic mass is 10.1. The van der Waals surface area contributed by atoms with Gasteiger partial charge in [0.05, 0.1) is 10.0 Å². The van der Waals surface area contributed by atoms with Gasteiger partial charge >= 0.3 is 5.97 Å². The highest BCUT2D eigenvalue weighted by molar-refractivity contribution is 6.37. The van der Waals surface area contributed by atoms with Crippen molar-refractivity contribution in [2.75, 3.05) is 11.9 Å². The van der Waals surface area contributed by atoms with Crippen LogP contribution in [0.15, 0.2) is 30.3 Å². The summed E-state index contributed by atoms with van der Waals surface area (Å²) >= 11 is 12.4. The third-order valence-corrected chi connectivity index (χ3v) is 4.35. The van der Waals surface area contributed by atoms with Gasteiger partial charge in [-0.1, -0.05) is 36.2 Å². The Morgan fingerprint density at radius 1 is 1.07 bits per heavy atom. The van der Waals surface area contributed by atoms with Crippen LogP contribution in [0.3, 0.4) is 0 Å². The number of hydrogen-bond donors (Lipinski definition) is 3. The van der Waals surface area contributed by atoms with Crippen LogP contribution < -0.4 is 15.4 Å². The van der Waals surface area contributed by atoms with E-state index in [9.17, 15) is 14.4 Å². The lowest BCUT2D eigenvalue weighted by Gasteiger charge is -2.13. The molecule has 0 radical (unpaired) electrons. The minimum atomic E-state index is -1.16. The molecule has 3 N–H and O–H groups in total. The number of rotatable bonds is 8. The maximum atomic E-state index is 12.0.